The molecule has 0 N–H and O–H groups in total. The second-order valence-corrected chi connectivity index (χ2v) is 5.23. The van der Waals surface area contributed by atoms with Gasteiger partial charge in [-0.15, -0.1) is 0 Å². The van der Waals surface area contributed by atoms with E-state index in [2.05, 4.69) is 9.47 Å². The first-order valence-corrected chi connectivity index (χ1v) is 7.65. The summed E-state index contributed by atoms with van der Waals surface area (Å²) in [5, 5.41) is 11.0. The van der Waals surface area contributed by atoms with Crippen molar-refractivity contribution in [3.8, 4) is 5.75 Å². The number of esters is 2. The minimum atomic E-state index is -0.968. The lowest BCUT2D eigenvalue weighted by atomic mass is 10.2. The van der Waals surface area contributed by atoms with Gasteiger partial charge in [-0.2, -0.15) is 0 Å². The van der Waals surface area contributed by atoms with Gasteiger partial charge in [0, 0.05) is 6.07 Å². The molecule has 142 valence electrons. The van der Waals surface area contributed by atoms with Crippen molar-refractivity contribution >= 4 is 17.6 Å². The zero-order chi connectivity index (χ0) is 20.0. The van der Waals surface area contributed by atoms with E-state index in [1.807, 2.05) is 0 Å². The number of carbonyl (C=O) groups excluding carboxylic acids is 2. The summed E-state index contributed by atoms with van der Waals surface area (Å²) in [7, 11) is 2.33. The van der Waals surface area contributed by atoms with Crippen molar-refractivity contribution in [3.05, 3.63) is 68.1 Å². The second kappa shape index (κ2) is 8.61. The molecule has 0 saturated carbocycles. The van der Waals surface area contributed by atoms with Gasteiger partial charge in [0.1, 0.15) is 17.9 Å². The molecule has 0 aliphatic rings. The normalized spacial score (nSPS) is 10.1. The van der Waals surface area contributed by atoms with E-state index in [0.717, 1.165) is 23.9 Å². The van der Waals surface area contributed by atoms with Crippen LogP contribution in [-0.4, -0.2) is 42.3 Å². The quantitative estimate of drug-likeness (QED) is 0.403. The van der Waals surface area contributed by atoms with Gasteiger partial charge in [0.25, 0.3) is 11.2 Å². The molecule has 27 heavy (non-hydrogen) atoms. The number of hydrogen-bond donors (Lipinski definition) is 0. The summed E-state index contributed by atoms with van der Waals surface area (Å²) in [5.74, 6) is -1.15. The number of nitrogens with zero attached hydrogens (tertiary/aromatic N) is 2. The van der Waals surface area contributed by atoms with Crippen molar-refractivity contribution in [1.29, 1.82) is 0 Å². The van der Waals surface area contributed by atoms with Crippen molar-refractivity contribution in [2.75, 3.05) is 20.8 Å². The van der Waals surface area contributed by atoms with E-state index in [-0.39, 0.29) is 18.7 Å². The average molecular weight is 376 g/mol. The molecule has 1 aromatic carbocycles. The molecule has 0 aliphatic carbocycles. The van der Waals surface area contributed by atoms with Crippen molar-refractivity contribution in [2.24, 2.45) is 0 Å². The van der Waals surface area contributed by atoms with Crippen LogP contribution in [0.15, 0.2) is 41.3 Å². The molecule has 0 spiro atoms. The summed E-state index contributed by atoms with van der Waals surface area (Å²) in [6.07, 6.45) is 1.02. The summed E-state index contributed by atoms with van der Waals surface area (Å²) >= 11 is 0. The third kappa shape index (κ3) is 4.69. The van der Waals surface area contributed by atoms with Gasteiger partial charge in [0.05, 0.1) is 37.4 Å². The molecule has 0 radical (unpaired) electrons. The number of methoxy groups -OCH3 is 2. The lowest BCUT2D eigenvalue weighted by Crippen LogP contribution is -2.28. The number of rotatable bonds is 7. The largest absolute Gasteiger partial charge is 0.492 e. The van der Waals surface area contributed by atoms with Crippen LogP contribution in [-0.2, 0) is 16.0 Å². The zero-order valence-electron chi connectivity index (χ0n) is 14.5. The second-order valence-electron chi connectivity index (χ2n) is 5.23. The Bertz CT molecular complexity index is 935. The Balaban J connectivity index is 2.19. The van der Waals surface area contributed by atoms with E-state index >= 15 is 0 Å². The van der Waals surface area contributed by atoms with Crippen LogP contribution in [0.1, 0.15) is 20.7 Å². The minimum absolute atomic E-state index is 0.0354. The number of hydrogen-bond acceptors (Lipinski definition) is 8. The van der Waals surface area contributed by atoms with E-state index in [9.17, 15) is 24.5 Å². The molecular formula is C17H16N2O8. The van der Waals surface area contributed by atoms with E-state index in [1.54, 1.807) is 18.2 Å². The molecule has 2 rings (SSSR count). The third-order valence-corrected chi connectivity index (χ3v) is 3.54. The fourth-order valence-electron chi connectivity index (χ4n) is 2.23. The van der Waals surface area contributed by atoms with Crippen molar-refractivity contribution < 1.29 is 28.7 Å². The molecule has 10 nitrogen and oxygen atoms in total. The number of benzene rings is 1. The standard InChI is InChI=1S/C17H16N2O8/c1-25-16(21)11-4-3-5-13(8-11)27-7-6-18-10-12(19(23)24)9-14(15(18)20)17(22)26-2/h3-5,8-10H,6-7H2,1-2H3. The van der Waals surface area contributed by atoms with Gasteiger partial charge in [-0.25, -0.2) is 9.59 Å². The molecule has 2 aromatic rings. The molecule has 0 saturated heterocycles. The monoisotopic (exact) mass is 376 g/mol. The van der Waals surface area contributed by atoms with Crippen LogP contribution >= 0.6 is 0 Å². The van der Waals surface area contributed by atoms with E-state index in [4.69, 9.17) is 4.74 Å². The smallest absolute Gasteiger partial charge is 0.343 e. The van der Waals surface area contributed by atoms with Crippen LogP contribution in [0.2, 0.25) is 0 Å². The van der Waals surface area contributed by atoms with E-state index < -0.39 is 33.7 Å². The summed E-state index contributed by atoms with van der Waals surface area (Å²) in [4.78, 5) is 45.7. The van der Waals surface area contributed by atoms with Gasteiger partial charge < -0.3 is 18.8 Å². The molecule has 10 heteroatoms. The van der Waals surface area contributed by atoms with Crippen molar-refractivity contribution in [2.45, 2.75) is 6.54 Å². The number of pyridine rings is 1. The highest BCUT2D eigenvalue weighted by Crippen LogP contribution is 2.15. The van der Waals surface area contributed by atoms with Crippen LogP contribution < -0.4 is 10.3 Å². The van der Waals surface area contributed by atoms with Crippen molar-refractivity contribution in [1.82, 2.24) is 4.57 Å². The van der Waals surface area contributed by atoms with Gasteiger partial charge in [-0.3, -0.25) is 14.9 Å². The summed E-state index contributed by atoms with van der Waals surface area (Å²) < 4.78 is 15.6. The van der Waals surface area contributed by atoms with Gasteiger partial charge >= 0.3 is 11.9 Å². The first-order chi connectivity index (χ1) is 12.9. The van der Waals surface area contributed by atoms with Gasteiger partial charge in [-0.1, -0.05) is 6.07 Å². The molecular weight excluding hydrogens is 360 g/mol. The summed E-state index contributed by atoms with van der Waals surface area (Å²) in [6.45, 7) is -0.0979. The number of aromatic nitrogens is 1. The highest BCUT2D eigenvalue weighted by atomic mass is 16.6. The van der Waals surface area contributed by atoms with Crippen LogP contribution in [0.25, 0.3) is 0 Å². The van der Waals surface area contributed by atoms with Gasteiger partial charge in [0.2, 0.25) is 0 Å². The Kier molecular flexibility index (Phi) is 6.26. The van der Waals surface area contributed by atoms with E-state index in [0.29, 0.717) is 5.75 Å². The zero-order valence-corrected chi connectivity index (χ0v) is 14.5. The Hall–Kier alpha value is -3.69. The summed E-state index contributed by atoms with van der Waals surface area (Å²) in [6, 6.07) is 7.07. The van der Waals surface area contributed by atoms with Crippen LogP contribution in [0.5, 0.6) is 5.75 Å². The van der Waals surface area contributed by atoms with Gasteiger partial charge in [-0.05, 0) is 18.2 Å². The first-order valence-electron chi connectivity index (χ1n) is 7.65. The molecule has 0 amide bonds. The molecule has 0 fully saturated rings. The highest BCUT2D eigenvalue weighted by molar-refractivity contribution is 5.90. The molecule has 0 unspecified atom stereocenters. The van der Waals surface area contributed by atoms with E-state index in [1.165, 1.54) is 13.2 Å². The number of ether oxygens (including phenoxy) is 3. The minimum Gasteiger partial charge on any atom is -0.492 e. The maximum absolute atomic E-state index is 12.3. The fraction of sp³-hybridized carbons (Fsp3) is 0.235. The molecule has 1 aromatic heterocycles. The van der Waals surface area contributed by atoms with Crippen LogP contribution in [0, 0.1) is 10.1 Å². The predicted octanol–water partition coefficient (Wildman–Crippen LogP) is 1.41. The van der Waals surface area contributed by atoms with Crippen LogP contribution in [0.4, 0.5) is 5.69 Å². The van der Waals surface area contributed by atoms with Crippen molar-refractivity contribution in [3.63, 3.8) is 0 Å². The summed E-state index contributed by atoms with van der Waals surface area (Å²) in [5.41, 5.74) is -1.32. The molecule has 0 bridgehead atoms. The Morgan fingerprint density at radius 2 is 1.85 bits per heavy atom. The maximum atomic E-state index is 12.3. The highest BCUT2D eigenvalue weighted by Gasteiger charge is 2.19. The Labute approximate surface area is 153 Å². The fourth-order valence-corrected chi connectivity index (χ4v) is 2.23. The maximum Gasteiger partial charge on any atom is 0.343 e. The molecule has 1 heterocycles. The topological polar surface area (TPSA) is 127 Å². The number of nitro groups is 1. The average Bonchev–Trinajstić information content (AvgIpc) is 2.68. The SMILES string of the molecule is COC(=O)c1cccc(OCCn2cc([N+](=O)[O-])cc(C(=O)OC)c2=O)c1. The Morgan fingerprint density at radius 3 is 2.48 bits per heavy atom. The predicted molar refractivity (Wildman–Crippen MR) is 92.0 cm³/mol. The Morgan fingerprint density at radius 1 is 1.15 bits per heavy atom. The lowest BCUT2D eigenvalue weighted by Gasteiger charge is -2.10. The molecule has 0 aliphatic heterocycles. The molecule has 0 atom stereocenters. The van der Waals surface area contributed by atoms with Crippen LogP contribution in [0.3, 0.4) is 0 Å². The van der Waals surface area contributed by atoms with Gasteiger partial charge in [0.15, 0.2) is 0 Å². The number of carbonyl (C=O) groups is 2. The first kappa shape index (κ1) is 19.6. The lowest BCUT2D eigenvalue weighted by molar-refractivity contribution is -0.385. The third-order valence-electron chi connectivity index (χ3n) is 3.54.